The number of amides is 1. The third kappa shape index (κ3) is 5.66. The van der Waals surface area contributed by atoms with Gasteiger partial charge in [-0.05, 0) is 29.5 Å². The Labute approximate surface area is 176 Å². The van der Waals surface area contributed by atoms with Crippen LogP contribution in [-0.2, 0) is 17.6 Å². The predicted molar refractivity (Wildman–Crippen MR) is 115 cm³/mol. The molecule has 0 bridgehead atoms. The quantitative estimate of drug-likeness (QED) is 0.240. The molecule has 0 aliphatic rings. The summed E-state index contributed by atoms with van der Waals surface area (Å²) in [6.07, 6.45) is 5.56. The number of aromatic nitrogens is 2. The molecule has 8 heteroatoms. The van der Waals surface area contributed by atoms with E-state index in [0.717, 1.165) is 32.4 Å². The zero-order chi connectivity index (χ0) is 20.8. The molecule has 0 atom stereocenters. The van der Waals surface area contributed by atoms with Crippen LogP contribution in [0.1, 0.15) is 40.3 Å². The van der Waals surface area contributed by atoms with E-state index in [1.165, 1.54) is 28.7 Å². The van der Waals surface area contributed by atoms with E-state index in [0.29, 0.717) is 11.6 Å². The third-order valence-electron chi connectivity index (χ3n) is 4.02. The first-order valence-corrected chi connectivity index (χ1v) is 10.8. The average molecular weight is 428 g/mol. The molecule has 3 rings (SSSR count). The number of hydrogen-bond donors (Lipinski definition) is 2. The minimum atomic E-state index is -0.609. The third-order valence-corrected chi connectivity index (χ3v) is 6.02. The average Bonchev–Trinajstić information content (AvgIpc) is 3.35. The van der Waals surface area contributed by atoms with Crippen molar-refractivity contribution < 1.29 is 14.8 Å². The minimum absolute atomic E-state index is 0.0334. The monoisotopic (exact) mass is 427 g/mol. The zero-order valence-corrected chi connectivity index (χ0v) is 17.7. The number of carbonyl (C=O) groups excluding carboxylic acids is 2. The summed E-state index contributed by atoms with van der Waals surface area (Å²) in [6.45, 7) is 4.24. The summed E-state index contributed by atoms with van der Waals surface area (Å²) in [5.74, 6) is -0.229. The summed E-state index contributed by atoms with van der Waals surface area (Å²) < 4.78 is 0. The van der Waals surface area contributed by atoms with E-state index in [1.54, 1.807) is 17.8 Å². The standard InChI is InChI=1S/C21H21N3O3S2/c1-13(2)10-17-19(23-21(29-17)20-22-8-9-28-20)16(25)12-15-5-3-4-14(11-15)6-7-18(26)24-27/h3-9,11,13,27H,10,12H2,1-2H3,(H,24,26)/b7-6+. The van der Waals surface area contributed by atoms with Gasteiger partial charge in [0.25, 0.3) is 5.91 Å². The van der Waals surface area contributed by atoms with Crippen molar-refractivity contribution in [3.63, 3.8) is 0 Å². The van der Waals surface area contributed by atoms with E-state index in [-0.39, 0.29) is 12.2 Å². The molecule has 1 aromatic carbocycles. The van der Waals surface area contributed by atoms with E-state index < -0.39 is 5.91 Å². The van der Waals surface area contributed by atoms with Gasteiger partial charge >= 0.3 is 0 Å². The lowest BCUT2D eigenvalue weighted by Crippen LogP contribution is -2.14. The van der Waals surface area contributed by atoms with Gasteiger partial charge in [0.1, 0.15) is 5.69 Å². The molecule has 0 saturated carbocycles. The van der Waals surface area contributed by atoms with Gasteiger partial charge in [-0.3, -0.25) is 14.8 Å². The Kier molecular flexibility index (Phi) is 7.03. The number of hydrogen-bond acceptors (Lipinski definition) is 7. The van der Waals surface area contributed by atoms with Crippen LogP contribution in [0.15, 0.2) is 41.9 Å². The van der Waals surface area contributed by atoms with Crippen LogP contribution < -0.4 is 5.48 Å². The molecule has 0 aliphatic heterocycles. The first kappa shape index (κ1) is 21.0. The van der Waals surface area contributed by atoms with Crippen LogP contribution in [0.25, 0.3) is 16.1 Å². The van der Waals surface area contributed by atoms with Crippen LogP contribution in [0.4, 0.5) is 0 Å². The number of carbonyl (C=O) groups is 2. The molecule has 2 heterocycles. The molecule has 150 valence electrons. The van der Waals surface area contributed by atoms with Crippen molar-refractivity contribution in [3.8, 4) is 10.0 Å². The van der Waals surface area contributed by atoms with Crippen molar-refractivity contribution in [3.05, 3.63) is 63.6 Å². The van der Waals surface area contributed by atoms with Gasteiger partial charge in [-0.2, -0.15) is 0 Å². The molecule has 1 amide bonds. The summed E-state index contributed by atoms with van der Waals surface area (Å²) in [5, 5.41) is 12.1. The second-order valence-electron chi connectivity index (χ2n) is 6.88. The van der Waals surface area contributed by atoms with Crippen molar-refractivity contribution >= 4 is 40.4 Å². The first-order chi connectivity index (χ1) is 14.0. The van der Waals surface area contributed by atoms with Gasteiger partial charge in [0.2, 0.25) is 0 Å². The lowest BCUT2D eigenvalue weighted by atomic mass is 10.0. The summed E-state index contributed by atoms with van der Waals surface area (Å²) >= 11 is 3.05. The number of nitrogens with one attached hydrogen (secondary N) is 1. The highest BCUT2D eigenvalue weighted by atomic mass is 32.1. The Morgan fingerprint density at radius 3 is 2.79 bits per heavy atom. The summed E-state index contributed by atoms with van der Waals surface area (Å²) in [7, 11) is 0. The summed E-state index contributed by atoms with van der Waals surface area (Å²) in [5.41, 5.74) is 3.67. The van der Waals surface area contributed by atoms with Gasteiger partial charge in [0, 0.05) is 29.0 Å². The van der Waals surface area contributed by atoms with Gasteiger partial charge in [0.05, 0.1) is 0 Å². The Morgan fingerprint density at radius 1 is 1.28 bits per heavy atom. The lowest BCUT2D eigenvalue weighted by Gasteiger charge is -2.05. The van der Waals surface area contributed by atoms with Crippen LogP contribution in [-0.4, -0.2) is 26.9 Å². The molecular formula is C21H21N3O3S2. The largest absolute Gasteiger partial charge is 0.292 e. The SMILES string of the molecule is CC(C)Cc1sc(-c2nccs2)nc1C(=O)Cc1cccc(/C=C/C(=O)NO)c1. The van der Waals surface area contributed by atoms with Crippen molar-refractivity contribution in [2.24, 2.45) is 5.92 Å². The Hall–Kier alpha value is -2.68. The zero-order valence-electron chi connectivity index (χ0n) is 16.1. The minimum Gasteiger partial charge on any atom is -0.292 e. The highest BCUT2D eigenvalue weighted by Gasteiger charge is 2.21. The number of Topliss-reactive ketones (excluding diaryl/α,β-unsaturated/α-hetero) is 1. The van der Waals surface area contributed by atoms with Crippen LogP contribution in [0, 0.1) is 5.92 Å². The van der Waals surface area contributed by atoms with Crippen molar-refractivity contribution in [2.75, 3.05) is 0 Å². The molecular weight excluding hydrogens is 406 g/mol. The van der Waals surface area contributed by atoms with Gasteiger partial charge in [-0.15, -0.1) is 22.7 Å². The van der Waals surface area contributed by atoms with Crippen molar-refractivity contribution in [1.29, 1.82) is 0 Å². The Morgan fingerprint density at radius 2 is 2.10 bits per heavy atom. The second kappa shape index (κ2) is 9.69. The van der Waals surface area contributed by atoms with Gasteiger partial charge in [-0.25, -0.2) is 15.4 Å². The molecule has 2 N–H and O–H groups in total. The molecule has 6 nitrogen and oxygen atoms in total. The fraction of sp³-hybridized carbons (Fsp3) is 0.238. The highest BCUT2D eigenvalue weighted by Crippen LogP contribution is 2.31. The molecule has 0 aliphatic carbocycles. The molecule has 0 radical (unpaired) electrons. The molecule has 0 spiro atoms. The molecule has 0 unspecified atom stereocenters. The number of hydroxylamine groups is 1. The summed E-state index contributed by atoms with van der Waals surface area (Å²) in [6, 6.07) is 7.37. The number of rotatable bonds is 8. The predicted octanol–water partition coefficient (Wildman–Crippen LogP) is 4.41. The topological polar surface area (TPSA) is 92.2 Å². The van der Waals surface area contributed by atoms with Crippen LogP contribution in [0.5, 0.6) is 0 Å². The molecule has 29 heavy (non-hydrogen) atoms. The van der Waals surface area contributed by atoms with Crippen LogP contribution in [0.2, 0.25) is 0 Å². The fourth-order valence-electron chi connectivity index (χ4n) is 2.78. The van der Waals surface area contributed by atoms with Gasteiger partial charge in [0.15, 0.2) is 15.8 Å². The van der Waals surface area contributed by atoms with Gasteiger partial charge in [-0.1, -0.05) is 38.1 Å². The lowest BCUT2D eigenvalue weighted by molar-refractivity contribution is -0.124. The summed E-state index contributed by atoms with van der Waals surface area (Å²) in [4.78, 5) is 34.1. The van der Waals surface area contributed by atoms with E-state index in [9.17, 15) is 9.59 Å². The van der Waals surface area contributed by atoms with E-state index in [2.05, 4.69) is 23.8 Å². The number of nitrogens with zero attached hydrogens (tertiary/aromatic N) is 2. The van der Waals surface area contributed by atoms with E-state index in [4.69, 9.17) is 5.21 Å². The maximum Gasteiger partial charge on any atom is 0.267 e. The second-order valence-corrected chi connectivity index (χ2v) is 8.86. The van der Waals surface area contributed by atoms with Crippen molar-refractivity contribution in [1.82, 2.24) is 15.4 Å². The van der Waals surface area contributed by atoms with Crippen LogP contribution >= 0.6 is 22.7 Å². The molecule has 3 aromatic rings. The molecule has 0 saturated heterocycles. The van der Waals surface area contributed by atoms with Crippen LogP contribution in [0.3, 0.4) is 0 Å². The normalized spacial score (nSPS) is 11.3. The maximum absolute atomic E-state index is 13.0. The van der Waals surface area contributed by atoms with Crippen molar-refractivity contribution in [2.45, 2.75) is 26.7 Å². The number of ketones is 1. The number of thiazole rings is 2. The molecule has 0 fully saturated rings. The molecule has 2 aromatic heterocycles. The Balaban J connectivity index is 1.83. The first-order valence-electron chi connectivity index (χ1n) is 9.10. The highest BCUT2D eigenvalue weighted by molar-refractivity contribution is 7.20. The van der Waals surface area contributed by atoms with E-state index in [1.807, 2.05) is 29.6 Å². The fourth-order valence-corrected chi connectivity index (χ4v) is 4.76. The van der Waals surface area contributed by atoms with E-state index >= 15 is 0 Å². The maximum atomic E-state index is 13.0. The smallest absolute Gasteiger partial charge is 0.267 e. The number of benzene rings is 1. The van der Waals surface area contributed by atoms with Gasteiger partial charge < -0.3 is 0 Å². The Bertz CT molecular complexity index is 1020.